The molecule has 17 heavy (non-hydrogen) atoms. The fourth-order valence-electron chi connectivity index (χ4n) is 1.36. The molecular formula is C11H5F5O. The number of benzene rings is 1. The SMILES string of the molecule is Fc1ccccc1-c1cc(C(F)(F)F)c(F)o1. The number of rotatable bonds is 1. The van der Waals surface area contributed by atoms with Crippen molar-refractivity contribution in [2.24, 2.45) is 0 Å². The van der Waals surface area contributed by atoms with Crippen LogP contribution < -0.4 is 0 Å². The smallest absolute Gasteiger partial charge is 0.422 e. The molecule has 1 heterocycles. The van der Waals surface area contributed by atoms with Gasteiger partial charge in [-0.3, -0.25) is 0 Å². The first-order valence-electron chi connectivity index (χ1n) is 4.51. The van der Waals surface area contributed by atoms with E-state index in [0.717, 1.165) is 6.07 Å². The van der Waals surface area contributed by atoms with Crippen molar-refractivity contribution in [3.05, 3.63) is 47.7 Å². The first-order valence-corrected chi connectivity index (χ1v) is 4.51. The third kappa shape index (κ3) is 2.15. The summed E-state index contributed by atoms with van der Waals surface area (Å²) >= 11 is 0. The highest BCUT2D eigenvalue weighted by molar-refractivity contribution is 5.59. The molecule has 0 aliphatic rings. The molecule has 1 aromatic heterocycles. The van der Waals surface area contributed by atoms with Gasteiger partial charge in [-0.05, 0) is 12.1 Å². The molecule has 0 aliphatic carbocycles. The van der Waals surface area contributed by atoms with Crippen molar-refractivity contribution in [3.63, 3.8) is 0 Å². The molecule has 0 saturated carbocycles. The number of halogens is 5. The van der Waals surface area contributed by atoms with E-state index >= 15 is 0 Å². The van der Waals surface area contributed by atoms with Crippen molar-refractivity contribution in [2.45, 2.75) is 6.18 Å². The number of hydrogen-bond acceptors (Lipinski definition) is 1. The number of alkyl halides is 3. The lowest BCUT2D eigenvalue weighted by Gasteiger charge is -2.00. The summed E-state index contributed by atoms with van der Waals surface area (Å²) in [6, 6.07) is 3.69. The second-order valence-corrected chi connectivity index (χ2v) is 3.28. The summed E-state index contributed by atoms with van der Waals surface area (Å²) in [6.07, 6.45) is -4.86. The van der Waals surface area contributed by atoms with Gasteiger partial charge in [-0.1, -0.05) is 12.1 Å². The Balaban J connectivity index is 2.53. The van der Waals surface area contributed by atoms with E-state index in [-0.39, 0.29) is 5.56 Å². The average Bonchev–Trinajstić information content (AvgIpc) is 2.60. The molecule has 0 radical (unpaired) electrons. The predicted molar refractivity (Wildman–Crippen MR) is 49.1 cm³/mol. The van der Waals surface area contributed by atoms with Crippen molar-refractivity contribution in [1.82, 2.24) is 0 Å². The minimum atomic E-state index is -4.86. The molecule has 6 heteroatoms. The first kappa shape index (κ1) is 11.6. The van der Waals surface area contributed by atoms with E-state index in [1.807, 2.05) is 0 Å². The Morgan fingerprint density at radius 2 is 1.65 bits per heavy atom. The minimum absolute atomic E-state index is 0.220. The molecule has 0 bridgehead atoms. The fourth-order valence-corrected chi connectivity index (χ4v) is 1.36. The Labute approximate surface area is 92.5 Å². The molecule has 1 aromatic carbocycles. The lowest BCUT2D eigenvalue weighted by molar-refractivity contribution is -0.141. The second-order valence-electron chi connectivity index (χ2n) is 3.28. The van der Waals surface area contributed by atoms with Crippen LogP contribution in [0.2, 0.25) is 0 Å². The van der Waals surface area contributed by atoms with Crippen LogP contribution in [-0.2, 0) is 6.18 Å². The zero-order valence-electron chi connectivity index (χ0n) is 8.18. The molecule has 0 spiro atoms. The summed E-state index contributed by atoms with van der Waals surface area (Å²) in [5, 5.41) is 0. The van der Waals surface area contributed by atoms with Crippen molar-refractivity contribution in [2.75, 3.05) is 0 Å². The number of hydrogen-bond donors (Lipinski definition) is 0. The summed E-state index contributed by atoms with van der Waals surface area (Å²) in [7, 11) is 0. The van der Waals surface area contributed by atoms with Crippen LogP contribution in [0.1, 0.15) is 5.56 Å². The lowest BCUT2D eigenvalue weighted by atomic mass is 10.1. The standard InChI is InChI=1S/C11H5F5O/c12-8-4-2-1-3-6(8)9-5-7(10(13)17-9)11(14,15)16/h1-5H. The third-order valence-electron chi connectivity index (χ3n) is 2.13. The largest absolute Gasteiger partial charge is 0.430 e. The topological polar surface area (TPSA) is 13.1 Å². The molecule has 0 N–H and O–H groups in total. The highest BCUT2D eigenvalue weighted by Crippen LogP contribution is 2.36. The van der Waals surface area contributed by atoms with Gasteiger partial charge in [0.05, 0.1) is 5.56 Å². The van der Waals surface area contributed by atoms with Crippen LogP contribution in [0.25, 0.3) is 11.3 Å². The molecule has 0 aliphatic heterocycles. The Bertz CT molecular complexity index is 541. The van der Waals surface area contributed by atoms with Gasteiger partial charge in [0.2, 0.25) is 0 Å². The maximum atomic E-state index is 13.2. The van der Waals surface area contributed by atoms with Crippen LogP contribution in [0.3, 0.4) is 0 Å². The van der Waals surface area contributed by atoms with E-state index in [1.54, 1.807) is 0 Å². The van der Waals surface area contributed by atoms with Gasteiger partial charge in [0.25, 0.3) is 6.01 Å². The molecule has 1 nitrogen and oxygen atoms in total. The maximum Gasteiger partial charge on any atom is 0.422 e. The highest BCUT2D eigenvalue weighted by Gasteiger charge is 2.37. The molecule has 0 fully saturated rings. The Morgan fingerprint density at radius 1 is 1.00 bits per heavy atom. The molecule has 2 rings (SSSR count). The van der Waals surface area contributed by atoms with Gasteiger partial charge in [0, 0.05) is 6.07 Å². The zero-order chi connectivity index (χ0) is 12.6. The van der Waals surface area contributed by atoms with Crippen LogP contribution in [0.15, 0.2) is 34.7 Å². The van der Waals surface area contributed by atoms with Gasteiger partial charge in [-0.15, -0.1) is 0 Å². The van der Waals surface area contributed by atoms with Gasteiger partial charge < -0.3 is 4.42 Å². The predicted octanol–water partition coefficient (Wildman–Crippen LogP) is 4.24. The van der Waals surface area contributed by atoms with Crippen LogP contribution in [-0.4, -0.2) is 0 Å². The molecule has 0 atom stereocenters. The Kier molecular flexibility index (Phi) is 2.65. The van der Waals surface area contributed by atoms with E-state index in [9.17, 15) is 22.0 Å². The van der Waals surface area contributed by atoms with E-state index in [4.69, 9.17) is 0 Å². The summed E-state index contributed by atoms with van der Waals surface area (Å²) in [5.41, 5.74) is -1.77. The van der Waals surface area contributed by atoms with Crippen LogP contribution in [0.5, 0.6) is 0 Å². The summed E-state index contributed by atoms with van der Waals surface area (Å²) in [5.74, 6) is -1.28. The molecular weight excluding hydrogens is 243 g/mol. The quantitative estimate of drug-likeness (QED) is 0.688. The Hall–Kier alpha value is -1.85. The van der Waals surface area contributed by atoms with Crippen molar-refractivity contribution in [1.29, 1.82) is 0 Å². The van der Waals surface area contributed by atoms with Gasteiger partial charge in [-0.25, -0.2) is 4.39 Å². The van der Waals surface area contributed by atoms with E-state index < -0.39 is 29.3 Å². The molecule has 2 aromatic rings. The lowest BCUT2D eigenvalue weighted by Crippen LogP contribution is -2.04. The van der Waals surface area contributed by atoms with Crippen LogP contribution in [0, 0.1) is 11.8 Å². The molecule has 90 valence electrons. The fraction of sp³-hybridized carbons (Fsp3) is 0.0909. The van der Waals surface area contributed by atoms with Gasteiger partial charge in [-0.2, -0.15) is 17.6 Å². The normalized spacial score (nSPS) is 11.8. The minimum Gasteiger partial charge on any atom is -0.430 e. The highest BCUT2D eigenvalue weighted by atomic mass is 19.4. The van der Waals surface area contributed by atoms with Gasteiger partial charge >= 0.3 is 6.18 Å². The molecule has 0 amide bonds. The van der Waals surface area contributed by atoms with Crippen molar-refractivity contribution >= 4 is 0 Å². The number of furan rings is 1. The summed E-state index contributed by atoms with van der Waals surface area (Å²) in [4.78, 5) is 0. The van der Waals surface area contributed by atoms with Crippen LogP contribution in [0.4, 0.5) is 22.0 Å². The maximum absolute atomic E-state index is 13.2. The van der Waals surface area contributed by atoms with Crippen molar-refractivity contribution in [3.8, 4) is 11.3 Å². The van der Waals surface area contributed by atoms with Crippen molar-refractivity contribution < 1.29 is 26.4 Å². The average molecular weight is 248 g/mol. The van der Waals surface area contributed by atoms with Gasteiger partial charge in [0.1, 0.15) is 17.1 Å². The van der Waals surface area contributed by atoms with E-state index in [2.05, 4.69) is 4.42 Å². The zero-order valence-corrected chi connectivity index (χ0v) is 8.18. The first-order chi connectivity index (χ1) is 7.89. The second kappa shape index (κ2) is 3.87. The summed E-state index contributed by atoms with van der Waals surface area (Å²) < 4.78 is 67.3. The Morgan fingerprint density at radius 3 is 2.18 bits per heavy atom. The summed E-state index contributed by atoms with van der Waals surface area (Å²) in [6.45, 7) is 0. The monoisotopic (exact) mass is 248 g/mol. The van der Waals surface area contributed by atoms with E-state index in [1.165, 1.54) is 18.2 Å². The van der Waals surface area contributed by atoms with Crippen LogP contribution >= 0.6 is 0 Å². The van der Waals surface area contributed by atoms with Gasteiger partial charge in [0.15, 0.2) is 0 Å². The molecule has 0 saturated heterocycles. The van der Waals surface area contributed by atoms with E-state index in [0.29, 0.717) is 6.07 Å². The third-order valence-corrected chi connectivity index (χ3v) is 2.13. The molecule has 0 unspecified atom stereocenters.